The highest BCUT2D eigenvalue weighted by Gasteiger charge is 2.17. The average molecular weight is 438 g/mol. The molecule has 0 aliphatic carbocycles. The molecule has 29 heavy (non-hydrogen) atoms. The Morgan fingerprint density at radius 2 is 2.00 bits per heavy atom. The molecule has 0 spiro atoms. The number of rotatable bonds is 7. The van der Waals surface area contributed by atoms with Crippen LogP contribution in [-0.2, 0) is 24.3 Å². The summed E-state index contributed by atoms with van der Waals surface area (Å²) in [6.07, 6.45) is 0. The van der Waals surface area contributed by atoms with Gasteiger partial charge < -0.3 is 15.2 Å². The van der Waals surface area contributed by atoms with Gasteiger partial charge in [-0.25, -0.2) is 4.39 Å². The number of halogens is 2. The molecule has 3 rings (SSSR count). The van der Waals surface area contributed by atoms with Crippen LogP contribution in [0.15, 0.2) is 41.3 Å². The minimum atomic E-state index is -1.16. The minimum absolute atomic E-state index is 0.171. The van der Waals surface area contributed by atoms with Gasteiger partial charge in [0.15, 0.2) is 4.90 Å². The number of benzene rings is 2. The van der Waals surface area contributed by atoms with Crippen molar-refractivity contribution in [3.8, 4) is 0 Å². The van der Waals surface area contributed by atoms with E-state index in [0.717, 1.165) is 26.2 Å². The van der Waals surface area contributed by atoms with E-state index in [0.29, 0.717) is 33.3 Å². The smallest absolute Gasteiger partial charge is 0.251 e. The number of hydrogen-bond donors (Lipinski definition) is 2. The second-order valence-corrected chi connectivity index (χ2v) is 9.05. The lowest BCUT2D eigenvalue weighted by molar-refractivity contribution is 0.0950. The average Bonchev–Trinajstić information content (AvgIpc) is 2.73. The van der Waals surface area contributed by atoms with Crippen LogP contribution in [-0.4, -0.2) is 47.3 Å². The van der Waals surface area contributed by atoms with Crippen LogP contribution in [0.4, 0.5) is 4.39 Å². The molecule has 1 amide bonds. The van der Waals surface area contributed by atoms with Crippen LogP contribution in [0.1, 0.15) is 28.4 Å². The van der Waals surface area contributed by atoms with Gasteiger partial charge in [0.2, 0.25) is 0 Å². The van der Waals surface area contributed by atoms with Crippen molar-refractivity contribution in [1.82, 2.24) is 15.5 Å². The van der Waals surface area contributed by atoms with Crippen LogP contribution in [0.25, 0.3) is 0 Å². The Kier molecular flexibility index (Phi) is 7.91. The lowest BCUT2D eigenvalue weighted by atomic mass is 10.1. The molecular weight excluding hydrogens is 413 g/mol. The predicted molar refractivity (Wildman–Crippen MR) is 114 cm³/mol. The summed E-state index contributed by atoms with van der Waals surface area (Å²) in [7, 11) is 0. The summed E-state index contributed by atoms with van der Waals surface area (Å²) in [5.74, 6) is -0.292. The number of carbonyl (C=O) groups excluding carboxylic acids is 1. The van der Waals surface area contributed by atoms with Crippen LogP contribution in [0.3, 0.4) is 0 Å². The van der Waals surface area contributed by atoms with Crippen LogP contribution in [0.5, 0.6) is 0 Å². The molecule has 1 saturated heterocycles. The molecule has 2 N–H and O–H groups in total. The maximum atomic E-state index is 14.5. The van der Waals surface area contributed by atoms with E-state index in [4.69, 9.17) is 11.6 Å². The van der Waals surface area contributed by atoms with E-state index < -0.39 is 11.2 Å². The maximum absolute atomic E-state index is 14.5. The zero-order chi connectivity index (χ0) is 20.8. The molecule has 2 aromatic rings. The van der Waals surface area contributed by atoms with Crippen LogP contribution >= 0.6 is 11.6 Å². The summed E-state index contributed by atoms with van der Waals surface area (Å²) in [4.78, 5) is 15.3. The highest BCUT2D eigenvalue weighted by atomic mass is 35.5. The van der Waals surface area contributed by atoms with Gasteiger partial charge in [-0.15, -0.1) is 0 Å². The van der Waals surface area contributed by atoms with Crippen molar-refractivity contribution in [3.05, 3.63) is 63.9 Å². The van der Waals surface area contributed by atoms with Gasteiger partial charge in [0, 0.05) is 61.0 Å². The van der Waals surface area contributed by atoms with Crippen molar-refractivity contribution < 1.29 is 13.7 Å². The molecule has 1 aliphatic heterocycles. The molecule has 1 fully saturated rings. The summed E-state index contributed by atoms with van der Waals surface area (Å²) >= 11 is 4.89. The topological polar surface area (TPSA) is 67.4 Å². The maximum Gasteiger partial charge on any atom is 0.251 e. The lowest BCUT2D eigenvalue weighted by Gasteiger charge is -2.27. The van der Waals surface area contributed by atoms with E-state index >= 15 is 0 Å². The molecule has 1 atom stereocenters. The van der Waals surface area contributed by atoms with E-state index in [9.17, 15) is 13.7 Å². The first-order chi connectivity index (χ1) is 14.0. The number of hydrogen-bond acceptors (Lipinski definition) is 4. The summed E-state index contributed by atoms with van der Waals surface area (Å²) < 4.78 is 26.7. The number of piperazine rings is 1. The first-order valence-electron chi connectivity index (χ1n) is 9.64. The van der Waals surface area contributed by atoms with Crippen molar-refractivity contribution in [2.75, 3.05) is 31.9 Å². The van der Waals surface area contributed by atoms with Crippen molar-refractivity contribution in [3.63, 3.8) is 0 Å². The molecule has 2 aromatic carbocycles. The molecule has 1 heterocycles. The monoisotopic (exact) mass is 437 g/mol. The second-order valence-electron chi connectivity index (χ2n) is 6.90. The first-order valence-corrected chi connectivity index (χ1v) is 11.3. The molecule has 5 nitrogen and oxygen atoms in total. The Labute approximate surface area is 178 Å². The molecule has 0 radical (unpaired) electrons. The predicted octanol–water partition coefficient (Wildman–Crippen LogP) is 2.94. The second kappa shape index (κ2) is 10.4. The highest BCUT2D eigenvalue weighted by molar-refractivity contribution is 7.91. The van der Waals surface area contributed by atoms with Crippen LogP contribution in [0.2, 0.25) is 5.02 Å². The van der Waals surface area contributed by atoms with Crippen molar-refractivity contribution >= 4 is 28.7 Å². The molecule has 156 valence electrons. The lowest BCUT2D eigenvalue weighted by Crippen LogP contribution is -2.43. The summed E-state index contributed by atoms with van der Waals surface area (Å²) in [5.41, 5.74) is 1.53. The standard InChI is InChI=1S/C21H25ClFN3O2S/c1-2-29(28)20-6-5-18(22)11-17(20)13-25-21(27)15-3-4-16(19(23)12-15)14-26-9-7-24-8-10-26/h3-6,11-12,24H,2,7-10,13-14H2,1H3,(H,25,27). The Hall–Kier alpha value is -1.64. The van der Waals surface area contributed by atoms with E-state index in [1.807, 2.05) is 6.92 Å². The summed E-state index contributed by atoms with van der Waals surface area (Å²) in [5, 5.41) is 6.55. The number of nitrogens with zero attached hydrogens (tertiary/aromatic N) is 1. The third kappa shape index (κ3) is 5.93. The molecule has 8 heteroatoms. The van der Waals surface area contributed by atoms with E-state index in [2.05, 4.69) is 15.5 Å². The molecule has 0 saturated carbocycles. The normalized spacial score (nSPS) is 15.9. The van der Waals surface area contributed by atoms with Gasteiger partial charge in [0.1, 0.15) is 11.6 Å². The van der Waals surface area contributed by atoms with E-state index in [-0.39, 0.29) is 23.8 Å². The molecular formula is C21H25ClFN3O2S. The fourth-order valence-corrected chi connectivity index (χ4v) is 4.42. The Bertz CT molecular complexity index is 862. The van der Waals surface area contributed by atoms with Crippen LogP contribution in [0, 0.1) is 5.82 Å². The Morgan fingerprint density at radius 1 is 1.24 bits per heavy atom. The third-order valence-electron chi connectivity index (χ3n) is 4.89. The van der Waals surface area contributed by atoms with Crippen molar-refractivity contribution in [2.45, 2.75) is 24.9 Å². The molecule has 0 aromatic heterocycles. The van der Waals surface area contributed by atoms with Gasteiger partial charge in [0.25, 0.3) is 5.91 Å². The zero-order valence-corrected chi connectivity index (χ0v) is 17.9. The summed E-state index contributed by atoms with van der Waals surface area (Å²) in [6.45, 7) is 6.09. The quantitative estimate of drug-likeness (QED) is 0.653. The van der Waals surface area contributed by atoms with Crippen molar-refractivity contribution in [1.29, 1.82) is 0 Å². The summed E-state index contributed by atoms with van der Waals surface area (Å²) in [6, 6.07) is 9.68. The third-order valence-corrected chi connectivity index (χ3v) is 6.54. The number of carbonyl (C=O) groups is 1. The first kappa shape index (κ1) is 22.1. The fraction of sp³-hybridized carbons (Fsp3) is 0.381. The molecule has 1 aliphatic rings. The SMILES string of the molecule is CC[S+]([O-])c1ccc(Cl)cc1CNC(=O)c1ccc(CN2CCNCC2)c(F)c1. The van der Waals surface area contributed by atoms with Gasteiger partial charge in [-0.2, -0.15) is 0 Å². The largest absolute Gasteiger partial charge is 0.611 e. The Balaban J connectivity index is 1.65. The van der Waals surface area contributed by atoms with Gasteiger partial charge >= 0.3 is 0 Å². The fourth-order valence-electron chi connectivity index (χ4n) is 3.27. The number of amides is 1. The highest BCUT2D eigenvalue weighted by Crippen LogP contribution is 2.22. The Morgan fingerprint density at radius 3 is 2.69 bits per heavy atom. The zero-order valence-electron chi connectivity index (χ0n) is 16.3. The number of nitrogens with one attached hydrogen (secondary N) is 2. The molecule has 0 bridgehead atoms. The van der Waals surface area contributed by atoms with Gasteiger partial charge in [-0.1, -0.05) is 17.7 Å². The van der Waals surface area contributed by atoms with Gasteiger partial charge in [-0.05, 0) is 48.4 Å². The van der Waals surface area contributed by atoms with Crippen LogP contribution < -0.4 is 10.6 Å². The molecule has 1 unspecified atom stereocenters. The van der Waals surface area contributed by atoms with Gasteiger partial charge in [0.05, 0.1) is 0 Å². The van der Waals surface area contributed by atoms with Crippen molar-refractivity contribution in [2.24, 2.45) is 0 Å². The van der Waals surface area contributed by atoms with E-state index in [1.54, 1.807) is 30.3 Å². The minimum Gasteiger partial charge on any atom is -0.611 e. The van der Waals surface area contributed by atoms with E-state index in [1.165, 1.54) is 6.07 Å². The van der Waals surface area contributed by atoms with Gasteiger partial charge in [-0.3, -0.25) is 9.69 Å².